The molecule has 18 heavy (non-hydrogen) atoms. The van der Waals surface area contributed by atoms with E-state index in [2.05, 4.69) is 10.3 Å². The van der Waals surface area contributed by atoms with E-state index in [1.807, 2.05) is 0 Å². The van der Waals surface area contributed by atoms with Crippen LogP contribution in [0.4, 0.5) is 0 Å². The zero-order chi connectivity index (χ0) is 12.8. The minimum Gasteiger partial charge on any atom is -0.351 e. The summed E-state index contributed by atoms with van der Waals surface area (Å²) < 4.78 is 0. The molecular weight excluding hydrogens is 271 g/mol. The molecule has 2 saturated carbocycles. The first-order valence-corrected chi connectivity index (χ1v) is 6.96. The summed E-state index contributed by atoms with van der Waals surface area (Å²) in [6, 6.07) is 3.08. The van der Waals surface area contributed by atoms with Crippen LogP contribution in [0.5, 0.6) is 0 Å². The highest BCUT2D eigenvalue weighted by Gasteiger charge is 2.53. The lowest BCUT2D eigenvalue weighted by molar-refractivity contribution is 0.0942. The Kier molecular flexibility index (Phi) is 2.99. The Morgan fingerprint density at radius 3 is 2.44 bits per heavy atom. The third-order valence-electron chi connectivity index (χ3n) is 3.96. The Balaban J connectivity index is 1.64. The number of rotatable bonds is 4. The number of hydrogen-bond acceptors (Lipinski definition) is 2. The molecule has 0 aromatic carbocycles. The smallest absolute Gasteiger partial charge is 0.251 e. The number of nitrogens with zero attached hydrogens (tertiary/aromatic N) is 1. The summed E-state index contributed by atoms with van der Waals surface area (Å²) in [5.74, 6) is 0.718. The fourth-order valence-corrected chi connectivity index (χ4v) is 3.00. The highest BCUT2D eigenvalue weighted by Crippen LogP contribution is 2.60. The molecule has 0 saturated heterocycles. The van der Waals surface area contributed by atoms with Gasteiger partial charge in [-0.2, -0.15) is 0 Å². The molecule has 0 atom stereocenters. The normalized spacial score (nSPS) is 20.6. The van der Waals surface area contributed by atoms with E-state index in [9.17, 15) is 4.79 Å². The van der Waals surface area contributed by atoms with Crippen molar-refractivity contribution >= 4 is 29.1 Å². The van der Waals surface area contributed by atoms with Gasteiger partial charge in [-0.3, -0.25) is 4.79 Å². The van der Waals surface area contributed by atoms with E-state index in [0.29, 0.717) is 11.0 Å². The number of nitrogens with one attached hydrogen (secondary N) is 1. The summed E-state index contributed by atoms with van der Waals surface area (Å²) in [4.78, 5) is 15.8. The van der Waals surface area contributed by atoms with Gasteiger partial charge in [-0.15, -0.1) is 0 Å². The third kappa shape index (κ3) is 2.47. The molecule has 2 aliphatic rings. The van der Waals surface area contributed by atoms with Crippen molar-refractivity contribution < 1.29 is 4.79 Å². The van der Waals surface area contributed by atoms with E-state index in [-0.39, 0.29) is 16.2 Å². The van der Waals surface area contributed by atoms with Crippen molar-refractivity contribution in [1.82, 2.24) is 10.3 Å². The highest BCUT2D eigenvalue weighted by molar-refractivity contribution is 6.33. The van der Waals surface area contributed by atoms with Crippen LogP contribution in [0.15, 0.2) is 12.1 Å². The fraction of sp³-hybridized carbons (Fsp3) is 0.538. The molecule has 1 N–H and O–H groups in total. The Morgan fingerprint density at radius 2 is 1.94 bits per heavy atom. The molecule has 0 radical (unpaired) electrons. The van der Waals surface area contributed by atoms with Crippen LogP contribution in [0.3, 0.4) is 0 Å². The summed E-state index contributed by atoms with van der Waals surface area (Å²) in [7, 11) is 0. The molecule has 0 unspecified atom stereocenters. The van der Waals surface area contributed by atoms with E-state index in [0.717, 1.165) is 12.5 Å². The predicted octanol–water partition coefficient (Wildman–Crippen LogP) is 3.31. The first-order valence-electron chi connectivity index (χ1n) is 6.20. The average Bonchev–Trinajstić information content (AvgIpc) is 3.15. The van der Waals surface area contributed by atoms with Crippen LogP contribution in [-0.2, 0) is 0 Å². The average molecular weight is 285 g/mol. The van der Waals surface area contributed by atoms with Gasteiger partial charge in [0.1, 0.15) is 10.3 Å². The summed E-state index contributed by atoms with van der Waals surface area (Å²) >= 11 is 11.6. The second-order valence-corrected chi connectivity index (χ2v) is 6.10. The minimum atomic E-state index is -0.117. The molecule has 1 aromatic heterocycles. The number of amides is 1. The molecule has 5 heteroatoms. The number of aromatic nitrogens is 1. The predicted molar refractivity (Wildman–Crippen MR) is 71.0 cm³/mol. The Bertz CT molecular complexity index is 476. The fourth-order valence-electron chi connectivity index (χ4n) is 2.54. The number of carbonyl (C=O) groups is 1. The maximum Gasteiger partial charge on any atom is 0.251 e. The van der Waals surface area contributed by atoms with Crippen molar-refractivity contribution in [2.75, 3.05) is 6.54 Å². The van der Waals surface area contributed by atoms with Gasteiger partial charge in [0.15, 0.2) is 0 Å². The monoisotopic (exact) mass is 284 g/mol. The topological polar surface area (TPSA) is 42.0 Å². The SMILES string of the molecule is O=C(NCC1(C2CC2)CC1)c1cc(Cl)nc(Cl)c1. The van der Waals surface area contributed by atoms with Crippen LogP contribution in [0.2, 0.25) is 10.3 Å². The first-order chi connectivity index (χ1) is 8.59. The van der Waals surface area contributed by atoms with E-state index < -0.39 is 0 Å². The lowest BCUT2D eigenvalue weighted by atomic mass is 10.0. The number of pyridine rings is 1. The van der Waals surface area contributed by atoms with Gasteiger partial charge in [-0.25, -0.2) is 4.98 Å². The maximum atomic E-state index is 12.0. The van der Waals surface area contributed by atoms with Crippen LogP contribution in [0, 0.1) is 11.3 Å². The van der Waals surface area contributed by atoms with E-state index >= 15 is 0 Å². The molecular formula is C13H14Cl2N2O. The first kappa shape index (κ1) is 12.2. The summed E-state index contributed by atoms with van der Waals surface area (Å²) in [5.41, 5.74) is 0.877. The Morgan fingerprint density at radius 1 is 1.33 bits per heavy atom. The second-order valence-electron chi connectivity index (χ2n) is 5.32. The molecule has 0 aliphatic heterocycles. The molecule has 1 aromatic rings. The molecule has 0 bridgehead atoms. The van der Waals surface area contributed by atoms with Gasteiger partial charge in [0, 0.05) is 12.1 Å². The highest BCUT2D eigenvalue weighted by atomic mass is 35.5. The van der Waals surface area contributed by atoms with E-state index in [1.54, 1.807) is 12.1 Å². The lowest BCUT2D eigenvalue weighted by Crippen LogP contribution is -2.31. The van der Waals surface area contributed by atoms with Crippen LogP contribution < -0.4 is 5.32 Å². The summed E-state index contributed by atoms with van der Waals surface area (Å²) in [6.07, 6.45) is 5.14. The van der Waals surface area contributed by atoms with Gasteiger partial charge in [0.05, 0.1) is 0 Å². The summed E-state index contributed by atoms with van der Waals surface area (Å²) in [6.45, 7) is 0.772. The van der Waals surface area contributed by atoms with Crippen LogP contribution in [0.1, 0.15) is 36.0 Å². The second kappa shape index (κ2) is 4.39. The Labute approximate surface area is 116 Å². The quantitative estimate of drug-likeness (QED) is 0.862. The standard InChI is InChI=1S/C13H14Cl2N2O/c14-10-5-8(6-11(15)17-10)12(18)16-7-13(3-4-13)9-1-2-9/h5-6,9H,1-4,7H2,(H,16,18). The maximum absolute atomic E-state index is 12.0. The van der Waals surface area contributed by atoms with Crippen LogP contribution in [-0.4, -0.2) is 17.4 Å². The van der Waals surface area contributed by atoms with Crippen molar-refractivity contribution in [3.8, 4) is 0 Å². The molecule has 2 fully saturated rings. The zero-order valence-corrected chi connectivity index (χ0v) is 11.4. The van der Waals surface area contributed by atoms with Crippen molar-refractivity contribution in [2.45, 2.75) is 25.7 Å². The Hall–Kier alpha value is -0.800. The molecule has 1 heterocycles. The molecule has 1 amide bonds. The van der Waals surface area contributed by atoms with Crippen LogP contribution >= 0.6 is 23.2 Å². The van der Waals surface area contributed by atoms with Gasteiger partial charge in [-0.05, 0) is 49.1 Å². The van der Waals surface area contributed by atoms with E-state index in [1.165, 1.54) is 25.7 Å². The van der Waals surface area contributed by atoms with Gasteiger partial charge in [0.2, 0.25) is 0 Å². The molecule has 3 rings (SSSR count). The lowest BCUT2D eigenvalue weighted by Gasteiger charge is -2.15. The molecule has 96 valence electrons. The van der Waals surface area contributed by atoms with Crippen molar-refractivity contribution in [2.24, 2.45) is 11.3 Å². The molecule has 3 nitrogen and oxygen atoms in total. The largest absolute Gasteiger partial charge is 0.351 e. The third-order valence-corrected chi connectivity index (χ3v) is 4.35. The minimum absolute atomic E-state index is 0.117. The van der Waals surface area contributed by atoms with Crippen molar-refractivity contribution in [1.29, 1.82) is 0 Å². The van der Waals surface area contributed by atoms with Crippen LogP contribution in [0.25, 0.3) is 0 Å². The molecule has 0 spiro atoms. The van der Waals surface area contributed by atoms with Gasteiger partial charge in [0.25, 0.3) is 5.91 Å². The number of halogens is 2. The summed E-state index contributed by atoms with van der Waals surface area (Å²) in [5, 5.41) is 3.49. The zero-order valence-electron chi connectivity index (χ0n) is 9.88. The number of hydrogen-bond donors (Lipinski definition) is 1. The van der Waals surface area contributed by atoms with Crippen molar-refractivity contribution in [3.63, 3.8) is 0 Å². The molecule has 2 aliphatic carbocycles. The van der Waals surface area contributed by atoms with Crippen molar-refractivity contribution in [3.05, 3.63) is 28.0 Å². The number of carbonyl (C=O) groups excluding carboxylic acids is 1. The van der Waals surface area contributed by atoms with Gasteiger partial charge in [-0.1, -0.05) is 23.2 Å². The van der Waals surface area contributed by atoms with E-state index in [4.69, 9.17) is 23.2 Å². The van der Waals surface area contributed by atoms with Gasteiger partial charge < -0.3 is 5.32 Å². The van der Waals surface area contributed by atoms with Gasteiger partial charge >= 0.3 is 0 Å².